The van der Waals surface area contributed by atoms with Crippen LogP contribution in [0.1, 0.15) is 37.4 Å². The number of fused-ring (bicyclic) bond motifs is 1. The molecule has 0 aliphatic carbocycles. The molecule has 0 bridgehead atoms. The maximum absolute atomic E-state index is 15.1. The quantitative estimate of drug-likeness (QED) is 0.110. The first-order chi connectivity index (χ1) is 23.3. The van der Waals surface area contributed by atoms with Crippen molar-refractivity contribution in [2.24, 2.45) is 0 Å². The van der Waals surface area contributed by atoms with E-state index in [1.165, 1.54) is 36.4 Å². The summed E-state index contributed by atoms with van der Waals surface area (Å²) in [6.07, 6.45) is -4.51. The minimum absolute atomic E-state index is 0.0252. The Morgan fingerprint density at radius 1 is 0.959 bits per heavy atom. The van der Waals surface area contributed by atoms with Crippen LogP contribution in [0.4, 0.5) is 33.6 Å². The Morgan fingerprint density at radius 2 is 1.67 bits per heavy atom. The lowest BCUT2D eigenvalue weighted by molar-refractivity contribution is -0.170. The van der Waals surface area contributed by atoms with Crippen LogP contribution < -0.4 is 15.8 Å². The minimum atomic E-state index is -5.20. The Bertz CT molecular complexity index is 2020. The molecule has 0 aliphatic heterocycles. The van der Waals surface area contributed by atoms with Crippen LogP contribution >= 0.6 is 0 Å². The van der Waals surface area contributed by atoms with E-state index in [2.05, 4.69) is 15.2 Å². The summed E-state index contributed by atoms with van der Waals surface area (Å²) in [5.74, 6) is -3.49. The fraction of sp³-hybridized carbons (Fsp3) is 0.314. The summed E-state index contributed by atoms with van der Waals surface area (Å²) < 4.78 is 78.1. The second-order valence-electron chi connectivity index (χ2n) is 11.4. The highest BCUT2D eigenvalue weighted by atomic mass is 19.4. The van der Waals surface area contributed by atoms with Crippen molar-refractivity contribution < 1.29 is 31.2 Å². The minimum Gasteiger partial charge on any atom is -0.464 e. The number of furan rings is 1. The standard InChI is InChI=1S/C35H35F5N6O3/c1-5-44(6-2)18-8-17-41-34-42-30(25-15-16-29(47)46(32(25)43-34)31-27(36)9-7-10-28(31)37)26-19-23(13-11-21(26)3)45(33(48)35(38,39)40)20-24-14-12-22(4)49-24/h7,9-16,19H,5-6,8,17-18,20H2,1-4H3,(H,41,42,43). The highest BCUT2D eigenvalue weighted by molar-refractivity contribution is 5.99. The number of amides is 1. The van der Waals surface area contributed by atoms with Crippen molar-refractivity contribution in [3.63, 3.8) is 0 Å². The predicted octanol–water partition coefficient (Wildman–Crippen LogP) is 7.18. The lowest BCUT2D eigenvalue weighted by atomic mass is 10.0. The number of anilines is 2. The molecule has 14 heteroatoms. The topological polar surface area (TPSA) is 96.5 Å². The molecule has 0 unspecified atom stereocenters. The molecule has 0 spiro atoms. The van der Waals surface area contributed by atoms with Gasteiger partial charge in [0.1, 0.15) is 28.8 Å². The SMILES string of the molecule is CCN(CC)CCCNc1nc(-c2cc(N(Cc3ccc(C)o3)C(=O)C(F)(F)F)ccc2C)c2ccc(=O)n(-c3c(F)cccc3F)c2n1. The van der Waals surface area contributed by atoms with E-state index in [9.17, 15) is 22.8 Å². The fourth-order valence-electron chi connectivity index (χ4n) is 5.55. The van der Waals surface area contributed by atoms with Crippen molar-refractivity contribution in [2.45, 2.75) is 46.8 Å². The zero-order valence-corrected chi connectivity index (χ0v) is 27.4. The molecule has 258 valence electrons. The number of para-hydroxylation sites is 1. The van der Waals surface area contributed by atoms with E-state index in [4.69, 9.17) is 9.40 Å². The molecule has 3 aromatic heterocycles. The Hall–Kier alpha value is -5.11. The average molecular weight is 683 g/mol. The van der Waals surface area contributed by atoms with Crippen molar-refractivity contribution in [1.82, 2.24) is 19.4 Å². The monoisotopic (exact) mass is 682 g/mol. The van der Waals surface area contributed by atoms with E-state index in [1.54, 1.807) is 19.9 Å². The molecule has 49 heavy (non-hydrogen) atoms. The third-order valence-corrected chi connectivity index (χ3v) is 8.13. The molecular weight excluding hydrogens is 647 g/mol. The molecule has 9 nitrogen and oxygen atoms in total. The van der Waals surface area contributed by atoms with E-state index in [0.29, 0.717) is 34.8 Å². The molecule has 0 atom stereocenters. The van der Waals surface area contributed by atoms with Crippen LogP contribution in [-0.2, 0) is 11.3 Å². The molecule has 0 fully saturated rings. The lowest BCUT2D eigenvalue weighted by Crippen LogP contribution is -2.40. The first-order valence-corrected chi connectivity index (χ1v) is 15.7. The van der Waals surface area contributed by atoms with Crippen LogP contribution in [0.15, 0.2) is 69.9 Å². The number of nitrogens with one attached hydrogen (secondary N) is 1. The predicted molar refractivity (Wildman–Crippen MR) is 177 cm³/mol. The molecular formula is C35H35F5N6O3. The number of rotatable bonds is 12. The van der Waals surface area contributed by atoms with Gasteiger partial charge in [-0.25, -0.2) is 13.8 Å². The van der Waals surface area contributed by atoms with Crippen LogP contribution in [0.25, 0.3) is 28.0 Å². The van der Waals surface area contributed by atoms with Crippen molar-refractivity contribution >= 4 is 28.6 Å². The van der Waals surface area contributed by atoms with Gasteiger partial charge in [0.05, 0.1) is 12.2 Å². The van der Waals surface area contributed by atoms with Gasteiger partial charge in [-0.3, -0.25) is 19.1 Å². The number of pyridine rings is 1. The Kier molecular flexibility index (Phi) is 10.5. The summed E-state index contributed by atoms with van der Waals surface area (Å²) in [6, 6.07) is 13.0. The van der Waals surface area contributed by atoms with Crippen LogP contribution in [0.2, 0.25) is 0 Å². The van der Waals surface area contributed by atoms with Gasteiger partial charge >= 0.3 is 12.1 Å². The molecule has 5 aromatic rings. The van der Waals surface area contributed by atoms with Gasteiger partial charge in [0.15, 0.2) is 5.65 Å². The van der Waals surface area contributed by atoms with Gasteiger partial charge < -0.3 is 14.6 Å². The largest absolute Gasteiger partial charge is 0.471 e. The maximum Gasteiger partial charge on any atom is 0.471 e. The number of carbonyl (C=O) groups excluding carboxylic acids is 1. The van der Waals surface area contributed by atoms with Gasteiger partial charge in [0.25, 0.3) is 5.56 Å². The van der Waals surface area contributed by atoms with Crippen LogP contribution in [0, 0.1) is 25.5 Å². The Labute approximate surface area is 279 Å². The number of aromatic nitrogens is 3. The van der Waals surface area contributed by atoms with Crippen LogP contribution in [0.5, 0.6) is 0 Å². The van der Waals surface area contributed by atoms with E-state index in [1.807, 2.05) is 13.8 Å². The van der Waals surface area contributed by atoms with E-state index in [-0.39, 0.29) is 34.1 Å². The van der Waals surface area contributed by atoms with Crippen molar-refractivity contribution in [2.75, 3.05) is 36.4 Å². The van der Waals surface area contributed by atoms with Crippen LogP contribution in [-0.4, -0.2) is 57.7 Å². The first kappa shape index (κ1) is 35.2. The molecule has 3 heterocycles. The average Bonchev–Trinajstić information content (AvgIpc) is 3.48. The number of hydrogen-bond acceptors (Lipinski definition) is 7. The fourth-order valence-corrected chi connectivity index (χ4v) is 5.55. The van der Waals surface area contributed by atoms with Gasteiger partial charge in [-0.1, -0.05) is 26.0 Å². The number of hydrogen-bond donors (Lipinski definition) is 1. The molecule has 1 N–H and O–H groups in total. The molecule has 0 saturated heterocycles. The highest BCUT2D eigenvalue weighted by Crippen LogP contribution is 2.35. The van der Waals surface area contributed by atoms with Crippen LogP contribution in [0.3, 0.4) is 0 Å². The van der Waals surface area contributed by atoms with Crippen molar-refractivity contribution in [3.05, 3.63) is 99.7 Å². The number of benzene rings is 2. The molecule has 0 aliphatic rings. The molecule has 1 amide bonds. The summed E-state index contributed by atoms with van der Waals surface area (Å²) >= 11 is 0. The third-order valence-electron chi connectivity index (χ3n) is 8.13. The molecule has 5 rings (SSSR count). The van der Waals surface area contributed by atoms with Gasteiger partial charge in [-0.2, -0.15) is 18.2 Å². The summed E-state index contributed by atoms with van der Waals surface area (Å²) in [7, 11) is 0. The van der Waals surface area contributed by atoms with E-state index >= 15 is 8.78 Å². The van der Waals surface area contributed by atoms with Gasteiger partial charge in [-0.05, 0) is 87.9 Å². The third kappa shape index (κ3) is 7.64. The normalized spacial score (nSPS) is 11.8. The second kappa shape index (κ2) is 14.6. The number of carbonyl (C=O) groups is 1. The van der Waals surface area contributed by atoms with Crippen molar-refractivity contribution in [3.8, 4) is 16.9 Å². The zero-order valence-electron chi connectivity index (χ0n) is 27.4. The molecule has 0 radical (unpaired) electrons. The lowest BCUT2D eigenvalue weighted by Gasteiger charge is -2.24. The number of aryl methyl sites for hydroxylation is 2. The van der Waals surface area contributed by atoms with E-state index < -0.39 is 41.5 Å². The zero-order chi connectivity index (χ0) is 35.5. The summed E-state index contributed by atoms with van der Waals surface area (Å²) in [6.45, 7) is 9.80. The molecule has 0 saturated carbocycles. The van der Waals surface area contributed by atoms with Gasteiger partial charge in [0, 0.05) is 29.2 Å². The highest BCUT2D eigenvalue weighted by Gasteiger charge is 2.43. The second-order valence-corrected chi connectivity index (χ2v) is 11.4. The van der Waals surface area contributed by atoms with E-state index in [0.717, 1.165) is 42.4 Å². The smallest absolute Gasteiger partial charge is 0.464 e. The maximum atomic E-state index is 15.1. The summed E-state index contributed by atoms with van der Waals surface area (Å²) in [5, 5.41) is 3.32. The number of nitrogens with zero attached hydrogens (tertiary/aromatic N) is 5. The Morgan fingerprint density at radius 3 is 2.31 bits per heavy atom. The van der Waals surface area contributed by atoms with Gasteiger partial charge in [0.2, 0.25) is 5.95 Å². The van der Waals surface area contributed by atoms with Crippen molar-refractivity contribution in [1.29, 1.82) is 0 Å². The first-order valence-electron chi connectivity index (χ1n) is 15.7. The Balaban J connectivity index is 1.70. The summed E-state index contributed by atoms with van der Waals surface area (Å²) in [4.78, 5) is 38.0. The molecule has 2 aromatic carbocycles. The number of halogens is 5. The summed E-state index contributed by atoms with van der Waals surface area (Å²) in [5.41, 5.74) is -0.636. The van der Waals surface area contributed by atoms with Gasteiger partial charge in [-0.15, -0.1) is 0 Å². The number of alkyl halides is 3.